The fraction of sp³-hybridized carbons (Fsp3) is 0.778. The molecule has 0 bridgehead atoms. The monoisotopic (exact) mass is 201 g/mol. The second kappa shape index (κ2) is 3.86. The third-order valence-corrected chi connectivity index (χ3v) is 2.80. The van der Waals surface area contributed by atoms with Gasteiger partial charge < -0.3 is 15.1 Å². The molecule has 1 fully saturated rings. The van der Waals surface area contributed by atoms with E-state index >= 15 is 0 Å². The van der Waals surface area contributed by atoms with Crippen LogP contribution in [0.15, 0.2) is 0 Å². The zero-order chi connectivity index (χ0) is 10.9. The lowest BCUT2D eigenvalue weighted by molar-refractivity contribution is -0.146. The molecular formula is C9H15NO4. The van der Waals surface area contributed by atoms with E-state index < -0.39 is 24.0 Å². The molecule has 3 atom stereocenters. The van der Waals surface area contributed by atoms with Gasteiger partial charge in [0, 0.05) is 12.6 Å². The highest BCUT2D eigenvalue weighted by molar-refractivity contribution is 5.73. The molecule has 1 amide bonds. The van der Waals surface area contributed by atoms with E-state index in [1.165, 1.54) is 4.90 Å². The minimum atomic E-state index is -1.03. The molecule has 0 aromatic heterocycles. The Morgan fingerprint density at radius 2 is 1.86 bits per heavy atom. The van der Waals surface area contributed by atoms with Crippen molar-refractivity contribution in [3.05, 3.63) is 0 Å². The van der Waals surface area contributed by atoms with E-state index in [9.17, 15) is 9.59 Å². The Labute approximate surface area is 82.3 Å². The van der Waals surface area contributed by atoms with Gasteiger partial charge in [-0.25, -0.2) is 4.79 Å². The van der Waals surface area contributed by atoms with Gasteiger partial charge in [0.15, 0.2) is 0 Å². The fourth-order valence-corrected chi connectivity index (χ4v) is 1.98. The summed E-state index contributed by atoms with van der Waals surface area (Å²) in [5.74, 6) is -1.37. The second-order valence-corrected chi connectivity index (χ2v) is 3.96. The van der Waals surface area contributed by atoms with Gasteiger partial charge in [0.25, 0.3) is 0 Å². The largest absolute Gasteiger partial charge is 0.481 e. The molecule has 0 spiro atoms. The average molecular weight is 201 g/mol. The third kappa shape index (κ3) is 1.97. The smallest absolute Gasteiger partial charge is 0.407 e. The summed E-state index contributed by atoms with van der Waals surface area (Å²) in [4.78, 5) is 22.9. The van der Waals surface area contributed by atoms with Crippen LogP contribution in [0.25, 0.3) is 0 Å². The molecule has 0 aliphatic carbocycles. The van der Waals surface area contributed by atoms with Gasteiger partial charge in [0.2, 0.25) is 0 Å². The van der Waals surface area contributed by atoms with Crippen molar-refractivity contribution in [1.29, 1.82) is 0 Å². The molecule has 1 aliphatic rings. The second-order valence-electron chi connectivity index (χ2n) is 3.96. The lowest BCUT2D eigenvalue weighted by Crippen LogP contribution is -2.51. The fourth-order valence-electron chi connectivity index (χ4n) is 1.98. The van der Waals surface area contributed by atoms with Crippen LogP contribution in [0.4, 0.5) is 4.79 Å². The Hall–Kier alpha value is -1.26. The van der Waals surface area contributed by atoms with Crippen LogP contribution in [0.2, 0.25) is 0 Å². The number of amides is 1. The van der Waals surface area contributed by atoms with Crippen LogP contribution in [0.3, 0.4) is 0 Å². The minimum Gasteiger partial charge on any atom is -0.481 e. The van der Waals surface area contributed by atoms with E-state index in [4.69, 9.17) is 10.2 Å². The van der Waals surface area contributed by atoms with E-state index in [-0.39, 0.29) is 5.92 Å². The number of carbonyl (C=O) groups is 2. The Morgan fingerprint density at radius 3 is 2.29 bits per heavy atom. The van der Waals surface area contributed by atoms with E-state index in [1.54, 1.807) is 6.92 Å². The van der Waals surface area contributed by atoms with Crippen molar-refractivity contribution >= 4 is 12.1 Å². The van der Waals surface area contributed by atoms with Crippen LogP contribution in [0.1, 0.15) is 20.3 Å². The highest BCUT2D eigenvalue weighted by Crippen LogP contribution is 2.27. The van der Waals surface area contributed by atoms with Crippen LogP contribution in [-0.2, 0) is 4.79 Å². The maximum atomic E-state index is 10.9. The molecule has 0 saturated carbocycles. The van der Waals surface area contributed by atoms with Gasteiger partial charge in [-0.15, -0.1) is 0 Å². The molecule has 0 aromatic carbocycles. The maximum Gasteiger partial charge on any atom is 0.407 e. The van der Waals surface area contributed by atoms with Crippen LogP contribution >= 0.6 is 0 Å². The van der Waals surface area contributed by atoms with Crippen molar-refractivity contribution in [3.8, 4) is 0 Å². The lowest BCUT2D eigenvalue weighted by atomic mass is 9.85. The number of carboxylic acid groups (broad SMARTS) is 2. The van der Waals surface area contributed by atoms with E-state index in [1.807, 2.05) is 6.92 Å². The van der Waals surface area contributed by atoms with E-state index in [0.29, 0.717) is 13.0 Å². The summed E-state index contributed by atoms with van der Waals surface area (Å²) >= 11 is 0. The molecular weight excluding hydrogens is 186 g/mol. The first-order valence-corrected chi connectivity index (χ1v) is 4.65. The number of carboxylic acids is 1. The van der Waals surface area contributed by atoms with Crippen molar-refractivity contribution in [2.24, 2.45) is 11.8 Å². The van der Waals surface area contributed by atoms with Gasteiger partial charge in [0.05, 0.1) is 5.92 Å². The first kappa shape index (κ1) is 10.8. The predicted octanol–water partition coefficient (Wildman–Crippen LogP) is 1.10. The van der Waals surface area contributed by atoms with E-state index in [0.717, 1.165) is 0 Å². The van der Waals surface area contributed by atoms with Crippen molar-refractivity contribution in [2.75, 3.05) is 6.54 Å². The third-order valence-electron chi connectivity index (χ3n) is 2.80. The summed E-state index contributed by atoms with van der Waals surface area (Å²) in [5.41, 5.74) is 0. The standard InChI is InChI=1S/C9H15NO4/c1-5-3-7(8(11)12)6(2)10(4-5)9(13)14/h5-7H,3-4H2,1-2H3,(H,11,12)(H,13,14). The van der Waals surface area contributed by atoms with Gasteiger partial charge in [-0.05, 0) is 19.3 Å². The molecule has 2 N–H and O–H groups in total. The number of rotatable bonds is 1. The maximum absolute atomic E-state index is 10.9. The molecule has 80 valence electrons. The Kier molecular flexibility index (Phi) is 2.98. The summed E-state index contributed by atoms with van der Waals surface area (Å²) < 4.78 is 0. The molecule has 5 nitrogen and oxygen atoms in total. The molecule has 3 unspecified atom stereocenters. The molecule has 0 radical (unpaired) electrons. The zero-order valence-electron chi connectivity index (χ0n) is 8.30. The van der Waals surface area contributed by atoms with Crippen molar-refractivity contribution < 1.29 is 19.8 Å². The molecule has 0 aromatic rings. The van der Waals surface area contributed by atoms with Crippen LogP contribution in [0, 0.1) is 11.8 Å². The van der Waals surface area contributed by atoms with Crippen LogP contribution in [-0.4, -0.2) is 39.8 Å². The minimum absolute atomic E-state index is 0.114. The SMILES string of the molecule is CC1CC(C(=O)O)C(C)N(C(=O)O)C1. The van der Waals surface area contributed by atoms with Crippen molar-refractivity contribution in [2.45, 2.75) is 26.3 Å². The zero-order valence-corrected chi connectivity index (χ0v) is 8.30. The van der Waals surface area contributed by atoms with Gasteiger partial charge in [0.1, 0.15) is 0 Å². The lowest BCUT2D eigenvalue weighted by Gasteiger charge is -2.38. The topological polar surface area (TPSA) is 77.8 Å². The van der Waals surface area contributed by atoms with Crippen molar-refractivity contribution in [3.63, 3.8) is 0 Å². The van der Waals surface area contributed by atoms with Gasteiger partial charge in [-0.2, -0.15) is 0 Å². The molecule has 1 saturated heterocycles. The van der Waals surface area contributed by atoms with Crippen LogP contribution < -0.4 is 0 Å². The summed E-state index contributed by atoms with van der Waals surface area (Å²) in [6.45, 7) is 3.96. The Balaban J connectivity index is 2.80. The first-order chi connectivity index (χ1) is 6.43. The van der Waals surface area contributed by atoms with Crippen molar-refractivity contribution in [1.82, 2.24) is 4.90 Å². The quantitative estimate of drug-likeness (QED) is 0.665. The highest BCUT2D eigenvalue weighted by Gasteiger charge is 2.38. The normalized spacial score (nSPS) is 32.7. The summed E-state index contributed by atoms with van der Waals surface area (Å²) in [7, 11) is 0. The number of hydrogen-bond donors (Lipinski definition) is 2. The molecule has 14 heavy (non-hydrogen) atoms. The molecule has 1 heterocycles. The van der Waals surface area contributed by atoms with Crippen LogP contribution in [0.5, 0.6) is 0 Å². The number of hydrogen-bond acceptors (Lipinski definition) is 2. The molecule has 1 rings (SSSR count). The number of piperidine rings is 1. The predicted molar refractivity (Wildman–Crippen MR) is 49.1 cm³/mol. The van der Waals surface area contributed by atoms with Gasteiger partial charge in [-0.1, -0.05) is 6.92 Å². The Morgan fingerprint density at radius 1 is 1.29 bits per heavy atom. The van der Waals surface area contributed by atoms with Gasteiger partial charge in [-0.3, -0.25) is 4.79 Å². The van der Waals surface area contributed by atoms with Gasteiger partial charge >= 0.3 is 12.1 Å². The molecule has 5 heteroatoms. The summed E-state index contributed by atoms with van der Waals surface area (Å²) in [6, 6.07) is -0.429. The molecule has 1 aliphatic heterocycles. The Bertz CT molecular complexity index is 229. The summed E-state index contributed by atoms with van der Waals surface area (Å²) in [5, 5.41) is 17.8. The summed E-state index contributed by atoms with van der Waals surface area (Å²) in [6.07, 6.45) is -0.476. The highest BCUT2D eigenvalue weighted by atomic mass is 16.4. The average Bonchev–Trinajstić information content (AvgIpc) is 2.07. The van der Waals surface area contributed by atoms with E-state index in [2.05, 4.69) is 0 Å². The number of aliphatic carboxylic acids is 1. The number of likely N-dealkylation sites (tertiary alicyclic amines) is 1. The number of nitrogens with zero attached hydrogens (tertiary/aromatic N) is 1. The first-order valence-electron chi connectivity index (χ1n) is 4.65.